The van der Waals surface area contributed by atoms with Crippen LogP contribution in [0.2, 0.25) is 0 Å². The Hall–Kier alpha value is -3.55. The molecule has 0 spiro atoms. The zero-order chi connectivity index (χ0) is 18.3. The highest BCUT2D eigenvalue weighted by Crippen LogP contribution is 2.26. The number of amides is 1. The molecule has 0 radical (unpaired) electrons. The van der Waals surface area contributed by atoms with Gasteiger partial charge in [0.25, 0.3) is 5.91 Å². The van der Waals surface area contributed by atoms with Gasteiger partial charge in [0.2, 0.25) is 0 Å². The molecular weight excluding hydrogens is 340 g/mol. The molecule has 0 aliphatic rings. The molecule has 2 aromatic heterocycles. The van der Waals surface area contributed by atoms with Gasteiger partial charge in [-0.15, -0.1) is 0 Å². The number of aromatic nitrogens is 4. The number of para-hydroxylation sites is 2. The fourth-order valence-electron chi connectivity index (χ4n) is 2.73. The largest absolute Gasteiger partial charge is 0.337 e. The first-order valence-corrected chi connectivity index (χ1v) is 7.79. The van der Waals surface area contributed by atoms with Crippen molar-refractivity contribution >= 4 is 22.6 Å². The maximum absolute atomic E-state index is 14.0. The second kappa shape index (κ2) is 6.07. The first-order valence-electron chi connectivity index (χ1n) is 7.79. The summed E-state index contributed by atoms with van der Waals surface area (Å²) < 4.78 is 28.0. The summed E-state index contributed by atoms with van der Waals surface area (Å²) in [6.45, 7) is 1.55. The van der Waals surface area contributed by atoms with E-state index in [9.17, 15) is 13.6 Å². The fourth-order valence-corrected chi connectivity index (χ4v) is 2.73. The van der Waals surface area contributed by atoms with Crippen molar-refractivity contribution in [1.29, 1.82) is 0 Å². The first kappa shape index (κ1) is 15.9. The summed E-state index contributed by atoms with van der Waals surface area (Å²) in [5.74, 6) is -2.33. The molecule has 4 aromatic rings. The van der Waals surface area contributed by atoms with Crippen LogP contribution in [0.5, 0.6) is 0 Å². The van der Waals surface area contributed by atoms with Crippen molar-refractivity contribution in [3.8, 4) is 11.5 Å². The number of fused-ring (bicyclic) bond motifs is 1. The third-order valence-electron chi connectivity index (χ3n) is 3.92. The van der Waals surface area contributed by atoms with Crippen LogP contribution < -0.4 is 5.32 Å². The quantitative estimate of drug-likeness (QED) is 0.524. The van der Waals surface area contributed by atoms with E-state index in [-0.39, 0.29) is 5.69 Å². The number of imidazole rings is 1. The number of hydrogen-bond donors (Lipinski definition) is 3. The Bertz CT molecular complexity index is 1080. The molecule has 0 bridgehead atoms. The molecule has 26 heavy (non-hydrogen) atoms. The summed E-state index contributed by atoms with van der Waals surface area (Å²) >= 11 is 0. The fraction of sp³-hybridized carbons (Fsp3) is 0.0556. The Morgan fingerprint density at radius 1 is 1.15 bits per heavy atom. The number of aromatic amines is 2. The van der Waals surface area contributed by atoms with Gasteiger partial charge >= 0.3 is 0 Å². The number of carbonyl (C=O) groups is 1. The molecule has 0 aliphatic heterocycles. The summed E-state index contributed by atoms with van der Waals surface area (Å²) in [7, 11) is 0. The minimum Gasteiger partial charge on any atom is -0.337 e. The second-order valence-electron chi connectivity index (χ2n) is 5.81. The topological polar surface area (TPSA) is 86.5 Å². The van der Waals surface area contributed by atoms with Gasteiger partial charge in [-0.2, -0.15) is 5.10 Å². The van der Waals surface area contributed by atoms with Crippen LogP contribution in [0.25, 0.3) is 22.6 Å². The molecule has 3 N–H and O–H groups in total. The average Bonchev–Trinajstić information content (AvgIpc) is 3.19. The van der Waals surface area contributed by atoms with Crippen molar-refractivity contribution in [2.24, 2.45) is 0 Å². The van der Waals surface area contributed by atoms with Crippen LogP contribution in [0.1, 0.15) is 15.9 Å². The molecule has 0 saturated carbocycles. The maximum atomic E-state index is 14.0. The highest BCUT2D eigenvalue weighted by atomic mass is 19.1. The molecule has 6 nitrogen and oxygen atoms in total. The molecule has 0 saturated heterocycles. The van der Waals surface area contributed by atoms with E-state index in [2.05, 4.69) is 25.5 Å². The Labute approximate surface area is 146 Å². The predicted octanol–water partition coefficient (Wildman–Crippen LogP) is 3.79. The normalized spacial score (nSPS) is 11.0. The molecule has 0 fully saturated rings. The van der Waals surface area contributed by atoms with E-state index in [1.54, 1.807) is 6.92 Å². The van der Waals surface area contributed by atoms with Crippen LogP contribution in [-0.4, -0.2) is 26.1 Å². The smallest absolute Gasteiger partial charge is 0.261 e. The number of halogens is 2. The number of aryl methyl sites for hydroxylation is 1. The SMILES string of the molecule is Cc1cc(F)c(C(=O)Nc2c[nH]nc2-c2nc3ccccc3[nH]2)c(F)c1. The minimum absolute atomic E-state index is 0.258. The predicted molar refractivity (Wildman–Crippen MR) is 92.7 cm³/mol. The summed E-state index contributed by atoms with van der Waals surface area (Å²) in [5.41, 5.74) is 1.88. The van der Waals surface area contributed by atoms with Crippen molar-refractivity contribution in [2.45, 2.75) is 6.92 Å². The zero-order valence-corrected chi connectivity index (χ0v) is 13.6. The van der Waals surface area contributed by atoms with E-state index >= 15 is 0 Å². The number of nitrogens with one attached hydrogen (secondary N) is 3. The lowest BCUT2D eigenvalue weighted by Gasteiger charge is -2.07. The first-order chi connectivity index (χ1) is 12.5. The molecule has 4 rings (SSSR count). The van der Waals surface area contributed by atoms with Gasteiger partial charge in [-0.05, 0) is 36.8 Å². The van der Waals surface area contributed by atoms with Gasteiger partial charge in [0.15, 0.2) is 11.5 Å². The number of rotatable bonds is 3. The van der Waals surface area contributed by atoms with Crippen molar-refractivity contribution < 1.29 is 13.6 Å². The molecule has 1 amide bonds. The van der Waals surface area contributed by atoms with E-state index in [4.69, 9.17) is 0 Å². The van der Waals surface area contributed by atoms with Gasteiger partial charge in [0.05, 0.1) is 16.7 Å². The number of hydrogen-bond acceptors (Lipinski definition) is 3. The van der Waals surface area contributed by atoms with Gasteiger partial charge in [-0.3, -0.25) is 9.89 Å². The molecule has 130 valence electrons. The number of H-pyrrole nitrogens is 2. The summed E-state index contributed by atoms with van der Waals surface area (Å²) in [6.07, 6.45) is 1.42. The van der Waals surface area contributed by atoms with Crippen LogP contribution in [0.4, 0.5) is 14.5 Å². The third kappa shape index (κ3) is 2.71. The number of carbonyl (C=O) groups excluding carboxylic acids is 1. The summed E-state index contributed by atoms with van der Waals surface area (Å²) in [5, 5.41) is 9.17. The molecule has 2 aromatic carbocycles. The lowest BCUT2D eigenvalue weighted by molar-refractivity contribution is 0.101. The third-order valence-corrected chi connectivity index (χ3v) is 3.92. The van der Waals surface area contributed by atoms with Gasteiger partial charge in [0.1, 0.15) is 17.2 Å². The standard InChI is InChI=1S/C18H13F2N5O/c1-9-6-10(19)15(11(20)7-9)18(26)24-14-8-21-25-16(14)17-22-12-4-2-3-5-13(12)23-17/h2-8H,1H3,(H,21,25)(H,22,23)(H,24,26). The summed E-state index contributed by atoms with van der Waals surface area (Å²) in [6, 6.07) is 9.61. The van der Waals surface area contributed by atoms with E-state index < -0.39 is 23.1 Å². The van der Waals surface area contributed by atoms with Crippen LogP contribution >= 0.6 is 0 Å². The maximum Gasteiger partial charge on any atom is 0.261 e. The van der Waals surface area contributed by atoms with E-state index in [0.29, 0.717) is 17.1 Å². The van der Waals surface area contributed by atoms with E-state index in [0.717, 1.165) is 23.2 Å². The Morgan fingerprint density at radius 2 is 1.88 bits per heavy atom. The molecule has 0 unspecified atom stereocenters. The van der Waals surface area contributed by atoms with Crippen LogP contribution in [0.15, 0.2) is 42.6 Å². The molecule has 2 heterocycles. The minimum atomic E-state index is -0.922. The number of nitrogens with zero attached hydrogens (tertiary/aromatic N) is 2. The van der Waals surface area contributed by atoms with Gasteiger partial charge < -0.3 is 10.3 Å². The Morgan fingerprint density at radius 3 is 2.62 bits per heavy atom. The van der Waals surface area contributed by atoms with E-state index in [1.807, 2.05) is 24.3 Å². The van der Waals surface area contributed by atoms with Gasteiger partial charge in [-0.25, -0.2) is 13.8 Å². The zero-order valence-electron chi connectivity index (χ0n) is 13.6. The van der Waals surface area contributed by atoms with E-state index in [1.165, 1.54) is 6.20 Å². The van der Waals surface area contributed by atoms with Crippen LogP contribution in [-0.2, 0) is 0 Å². The Kier molecular flexibility index (Phi) is 3.72. The molecule has 0 atom stereocenters. The lowest BCUT2D eigenvalue weighted by Crippen LogP contribution is -2.16. The molecular formula is C18H13F2N5O. The van der Waals surface area contributed by atoms with Crippen LogP contribution in [0, 0.1) is 18.6 Å². The summed E-state index contributed by atoms with van der Waals surface area (Å²) in [4.78, 5) is 19.9. The lowest BCUT2D eigenvalue weighted by atomic mass is 10.1. The van der Waals surface area contributed by atoms with Gasteiger partial charge in [-0.1, -0.05) is 12.1 Å². The highest BCUT2D eigenvalue weighted by Gasteiger charge is 2.21. The van der Waals surface area contributed by atoms with Crippen molar-refractivity contribution in [3.63, 3.8) is 0 Å². The average molecular weight is 353 g/mol. The van der Waals surface area contributed by atoms with Crippen molar-refractivity contribution in [3.05, 3.63) is 65.4 Å². The van der Waals surface area contributed by atoms with Gasteiger partial charge in [0, 0.05) is 6.20 Å². The monoisotopic (exact) mass is 353 g/mol. The van der Waals surface area contributed by atoms with Crippen LogP contribution in [0.3, 0.4) is 0 Å². The molecule has 0 aliphatic carbocycles. The number of anilines is 1. The Balaban J connectivity index is 1.68. The number of benzene rings is 2. The highest BCUT2D eigenvalue weighted by molar-refractivity contribution is 6.06. The van der Waals surface area contributed by atoms with Crippen molar-refractivity contribution in [2.75, 3.05) is 5.32 Å². The molecule has 8 heteroatoms. The van der Waals surface area contributed by atoms with Crippen molar-refractivity contribution in [1.82, 2.24) is 20.2 Å². The second-order valence-corrected chi connectivity index (χ2v) is 5.81.